The Balaban J connectivity index is 2.49. The van der Waals surface area contributed by atoms with Gasteiger partial charge in [-0.1, -0.05) is 13.3 Å². The van der Waals surface area contributed by atoms with Gasteiger partial charge >= 0.3 is 0 Å². The summed E-state index contributed by atoms with van der Waals surface area (Å²) in [6, 6.07) is 0.577. The summed E-state index contributed by atoms with van der Waals surface area (Å²) in [5, 5.41) is 10.0. The molecule has 0 bridgehead atoms. The van der Waals surface area contributed by atoms with Gasteiger partial charge in [0.05, 0.1) is 5.60 Å². The van der Waals surface area contributed by atoms with Crippen LogP contribution in [-0.4, -0.2) is 41.8 Å². The highest BCUT2D eigenvalue weighted by Crippen LogP contribution is 2.29. The molecule has 3 N–H and O–H groups in total. The largest absolute Gasteiger partial charge is 0.389 e. The Morgan fingerprint density at radius 3 is 2.67 bits per heavy atom. The van der Waals surface area contributed by atoms with Crippen LogP contribution in [0.3, 0.4) is 0 Å². The summed E-state index contributed by atoms with van der Waals surface area (Å²) in [7, 11) is 2.11. The normalized spacial score (nSPS) is 30.8. The maximum Gasteiger partial charge on any atom is 0.0743 e. The SMILES string of the molecule is CCC(C)(O)CN(C)C1CCCC1CN. The van der Waals surface area contributed by atoms with E-state index in [4.69, 9.17) is 5.73 Å². The number of nitrogens with zero attached hydrogens (tertiary/aromatic N) is 1. The molecule has 0 saturated heterocycles. The zero-order valence-corrected chi connectivity index (χ0v) is 10.4. The van der Waals surface area contributed by atoms with Crippen LogP contribution in [0.1, 0.15) is 39.5 Å². The average Bonchev–Trinajstić information content (AvgIpc) is 2.64. The van der Waals surface area contributed by atoms with Gasteiger partial charge < -0.3 is 15.7 Å². The van der Waals surface area contributed by atoms with Crippen molar-refractivity contribution in [1.29, 1.82) is 0 Å². The average molecular weight is 214 g/mol. The van der Waals surface area contributed by atoms with Crippen LogP contribution in [0.2, 0.25) is 0 Å². The van der Waals surface area contributed by atoms with E-state index in [-0.39, 0.29) is 0 Å². The Kier molecular flexibility index (Phi) is 4.56. The van der Waals surface area contributed by atoms with Crippen LogP contribution in [0, 0.1) is 5.92 Å². The van der Waals surface area contributed by atoms with E-state index in [1.165, 1.54) is 19.3 Å². The van der Waals surface area contributed by atoms with E-state index in [0.717, 1.165) is 19.5 Å². The van der Waals surface area contributed by atoms with Gasteiger partial charge in [0.1, 0.15) is 0 Å². The summed E-state index contributed by atoms with van der Waals surface area (Å²) < 4.78 is 0. The molecule has 0 heterocycles. The van der Waals surface area contributed by atoms with Gasteiger partial charge in [-0.3, -0.25) is 0 Å². The fraction of sp³-hybridized carbons (Fsp3) is 1.00. The van der Waals surface area contributed by atoms with E-state index in [2.05, 4.69) is 11.9 Å². The molecule has 3 nitrogen and oxygen atoms in total. The maximum absolute atomic E-state index is 10.0. The van der Waals surface area contributed by atoms with Gasteiger partial charge in [-0.25, -0.2) is 0 Å². The van der Waals surface area contributed by atoms with E-state index in [0.29, 0.717) is 12.0 Å². The first-order valence-corrected chi connectivity index (χ1v) is 6.13. The van der Waals surface area contributed by atoms with Crippen LogP contribution in [0.4, 0.5) is 0 Å². The third kappa shape index (κ3) is 3.44. The molecule has 0 radical (unpaired) electrons. The predicted octanol–water partition coefficient (Wildman–Crippen LogP) is 1.21. The fourth-order valence-electron chi connectivity index (χ4n) is 2.64. The monoisotopic (exact) mass is 214 g/mol. The molecule has 3 unspecified atom stereocenters. The van der Waals surface area contributed by atoms with Gasteiger partial charge in [0.25, 0.3) is 0 Å². The Labute approximate surface area is 93.6 Å². The van der Waals surface area contributed by atoms with Crippen molar-refractivity contribution in [1.82, 2.24) is 4.90 Å². The van der Waals surface area contributed by atoms with Gasteiger partial charge in [0.2, 0.25) is 0 Å². The molecule has 1 fully saturated rings. The van der Waals surface area contributed by atoms with Crippen LogP contribution >= 0.6 is 0 Å². The Bertz CT molecular complexity index is 194. The summed E-state index contributed by atoms with van der Waals surface area (Å²) in [6.07, 6.45) is 4.57. The predicted molar refractivity (Wildman–Crippen MR) is 63.7 cm³/mol. The quantitative estimate of drug-likeness (QED) is 0.723. The lowest BCUT2D eigenvalue weighted by molar-refractivity contribution is 0.00756. The second kappa shape index (κ2) is 5.28. The van der Waals surface area contributed by atoms with Gasteiger partial charge in [0.15, 0.2) is 0 Å². The van der Waals surface area contributed by atoms with Crippen LogP contribution < -0.4 is 5.73 Å². The molecule has 0 aliphatic heterocycles. The van der Waals surface area contributed by atoms with Gasteiger partial charge in [-0.05, 0) is 45.7 Å². The standard InChI is InChI=1S/C12H26N2O/c1-4-12(2,15)9-14(3)11-7-5-6-10(11)8-13/h10-11,15H,4-9,13H2,1-3H3. The first-order chi connectivity index (χ1) is 7.00. The Morgan fingerprint density at radius 1 is 1.47 bits per heavy atom. The molecule has 3 heteroatoms. The van der Waals surface area contributed by atoms with E-state index in [1.54, 1.807) is 0 Å². The first-order valence-electron chi connectivity index (χ1n) is 6.13. The van der Waals surface area contributed by atoms with E-state index < -0.39 is 5.60 Å². The smallest absolute Gasteiger partial charge is 0.0743 e. The second-order valence-electron chi connectivity index (χ2n) is 5.26. The summed E-state index contributed by atoms with van der Waals surface area (Å²) in [5.41, 5.74) is 5.21. The molecule has 0 aromatic heterocycles. The molecule has 1 saturated carbocycles. The summed E-state index contributed by atoms with van der Waals surface area (Å²) in [6.45, 7) is 5.48. The number of hydrogen-bond donors (Lipinski definition) is 2. The van der Waals surface area contributed by atoms with E-state index in [9.17, 15) is 5.11 Å². The van der Waals surface area contributed by atoms with Crippen molar-refractivity contribution in [3.63, 3.8) is 0 Å². The number of rotatable bonds is 5. The zero-order chi connectivity index (χ0) is 11.5. The minimum Gasteiger partial charge on any atom is -0.389 e. The molecular weight excluding hydrogens is 188 g/mol. The molecule has 0 aromatic rings. The zero-order valence-electron chi connectivity index (χ0n) is 10.4. The fourth-order valence-corrected chi connectivity index (χ4v) is 2.64. The molecule has 1 aliphatic rings. The highest BCUT2D eigenvalue weighted by atomic mass is 16.3. The van der Waals surface area contributed by atoms with Crippen molar-refractivity contribution in [3.05, 3.63) is 0 Å². The van der Waals surface area contributed by atoms with Crippen molar-refractivity contribution >= 4 is 0 Å². The molecule has 3 atom stereocenters. The van der Waals surface area contributed by atoms with Gasteiger partial charge in [-0.15, -0.1) is 0 Å². The van der Waals surface area contributed by atoms with E-state index in [1.807, 2.05) is 13.8 Å². The number of nitrogens with two attached hydrogens (primary N) is 1. The van der Waals surface area contributed by atoms with Gasteiger partial charge in [0, 0.05) is 12.6 Å². The lowest BCUT2D eigenvalue weighted by Crippen LogP contribution is -2.45. The van der Waals surface area contributed by atoms with Gasteiger partial charge in [-0.2, -0.15) is 0 Å². The molecule has 0 amide bonds. The molecule has 1 aliphatic carbocycles. The summed E-state index contributed by atoms with van der Waals surface area (Å²) >= 11 is 0. The minimum absolute atomic E-state index is 0.559. The molecule has 0 aromatic carbocycles. The van der Waals surface area contributed by atoms with Crippen molar-refractivity contribution < 1.29 is 5.11 Å². The van der Waals surface area contributed by atoms with E-state index >= 15 is 0 Å². The van der Waals surface area contributed by atoms with Crippen molar-refractivity contribution in [2.24, 2.45) is 11.7 Å². The van der Waals surface area contributed by atoms with Crippen molar-refractivity contribution in [2.75, 3.05) is 20.1 Å². The lowest BCUT2D eigenvalue weighted by atomic mass is 9.98. The van der Waals surface area contributed by atoms with Crippen LogP contribution in [0.25, 0.3) is 0 Å². The Hall–Kier alpha value is -0.120. The van der Waals surface area contributed by atoms with Crippen molar-refractivity contribution in [2.45, 2.75) is 51.2 Å². The Morgan fingerprint density at radius 2 is 2.13 bits per heavy atom. The molecule has 15 heavy (non-hydrogen) atoms. The van der Waals surface area contributed by atoms with Crippen LogP contribution in [-0.2, 0) is 0 Å². The molecule has 0 spiro atoms. The first kappa shape index (κ1) is 12.9. The summed E-state index contributed by atoms with van der Waals surface area (Å²) in [4.78, 5) is 2.30. The molecular formula is C12H26N2O. The third-order valence-corrected chi connectivity index (χ3v) is 3.84. The molecule has 1 rings (SSSR count). The van der Waals surface area contributed by atoms with Crippen LogP contribution in [0.5, 0.6) is 0 Å². The van der Waals surface area contributed by atoms with Crippen LogP contribution in [0.15, 0.2) is 0 Å². The lowest BCUT2D eigenvalue weighted by Gasteiger charge is -2.34. The maximum atomic E-state index is 10.0. The third-order valence-electron chi connectivity index (χ3n) is 3.84. The molecule has 90 valence electrons. The highest BCUT2D eigenvalue weighted by Gasteiger charge is 2.32. The highest BCUT2D eigenvalue weighted by molar-refractivity contribution is 4.87. The topological polar surface area (TPSA) is 49.5 Å². The number of hydrogen-bond acceptors (Lipinski definition) is 3. The summed E-state index contributed by atoms with van der Waals surface area (Å²) in [5.74, 6) is 0.627. The second-order valence-corrected chi connectivity index (χ2v) is 5.26. The minimum atomic E-state index is -0.559. The number of likely N-dealkylation sites (N-methyl/N-ethyl adjacent to an activating group) is 1. The number of aliphatic hydroxyl groups is 1. The van der Waals surface area contributed by atoms with Crippen molar-refractivity contribution in [3.8, 4) is 0 Å².